The Labute approximate surface area is 111 Å². The van der Waals surface area contributed by atoms with Crippen LogP contribution < -0.4 is 5.32 Å². The molecule has 3 N–H and O–H groups in total. The molecule has 0 bridgehead atoms. The van der Waals surface area contributed by atoms with E-state index in [2.05, 4.69) is 5.32 Å². The number of rotatable bonds is 2. The zero-order valence-corrected chi connectivity index (χ0v) is 10.8. The van der Waals surface area contributed by atoms with Crippen molar-refractivity contribution in [3.8, 4) is 11.5 Å². The van der Waals surface area contributed by atoms with E-state index in [1.54, 1.807) is 0 Å². The Morgan fingerprint density at radius 1 is 0.947 bits per heavy atom. The third-order valence-corrected chi connectivity index (χ3v) is 2.93. The van der Waals surface area contributed by atoms with E-state index >= 15 is 0 Å². The normalized spacial score (nSPS) is 10.2. The lowest BCUT2D eigenvalue weighted by atomic mass is 10.1. The van der Waals surface area contributed by atoms with Gasteiger partial charge in [-0.3, -0.25) is 4.79 Å². The van der Waals surface area contributed by atoms with Crippen LogP contribution in [0.25, 0.3) is 0 Å². The van der Waals surface area contributed by atoms with Crippen molar-refractivity contribution < 1.29 is 15.0 Å². The Morgan fingerprint density at radius 2 is 1.58 bits per heavy atom. The fraction of sp³-hybridized carbons (Fsp3) is 0.133. The maximum absolute atomic E-state index is 12.0. The number of phenolic OH excluding ortho intramolecular Hbond substituents is 2. The first-order valence-corrected chi connectivity index (χ1v) is 5.87. The van der Waals surface area contributed by atoms with Gasteiger partial charge in [-0.05, 0) is 49.2 Å². The highest BCUT2D eigenvalue weighted by molar-refractivity contribution is 6.04. The molecule has 0 fully saturated rings. The highest BCUT2D eigenvalue weighted by Crippen LogP contribution is 2.21. The van der Waals surface area contributed by atoms with Gasteiger partial charge in [-0.25, -0.2) is 0 Å². The third-order valence-electron chi connectivity index (χ3n) is 2.93. The van der Waals surface area contributed by atoms with E-state index in [9.17, 15) is 15.0 Å². The summed E-state index contributed by atoms with van der Waals surface area (Å²) in [7, 11) is 0. The molecule has 0 saturated heterocycles. The summed E-state index contributed by atoms with van der Waals surface area (Å²) in [5.41, 5.74) is 3.11. The number of aryl methyl sites for hydroxylation is 2. The van der Waals surface area contributed by atoms with Crippen LogP contribution in [0.5, 0.6) is 11.5 Å². The van der Waals surface area contributed by atoms with Crippen LogP contribution in [0.3, 0.4) is 0 Å². The molecule has 0 unspecified atom stereocenters. The van der Waals surface area contributed by atoms with Gasteiger partial charge in [0.1, 0.15) is 11.5 Å². The fourth-order valence-electron chi connectivity index (χ4n) is 1.75. The molecule has 0 heterocycles. The Kier molecular flexibility index (Phi) is 3.42. The standard InChI is InChI=1S/C15H15NO3/c1-9-3-4-12(5-10(9)2)16-15(19)11-6-13(17)8-14(18)7-11/h3-8,17-18H,1-2H3,(H,16,19). The molecule has 98 valence electrons. The van der Waals surface area contributed by atoms with Gasteiger partial charge in [0.25, 0.3) is 5.91 Å². The number of hydrogen-bond acceptors (Lipinski definition) is 3. The molecule has 19 heavy (non-hydrogen) atoms. The second-order valence-corrected chi connectivity index (χ2v) is 4.49. The lowest BCUT2D eigenvalue weighted by Gasteiger charge is -2.08. The summed E-state index contributed by atoms with van der Waals surface area (Å²) in [6.45, 7) is 3.96. The fourth-order valence-corrected chi connectivity index (χ4v) is 1.75. The van der Waals surface area contributed by atoms with Crippen molar-refractivity contribution in [2.45, 2.75) is 13.8 Å². The van der Waals surface area contributed by atoms with Crippen LogP contribution in [-0.4, -0.2) is 16.1 Å². The summed E-state index contributed by atoms with van der Waals surface area (Å²) in [4.78, 5) is 12.0. The van der Waals surface area contributed by atoms with Gasteiger partial charge in [0.05, 0.1) is 0 Å². The van der Waals surface area contributed by atoms with E-state index in [-0.39, 0.29) is 23.0 Å². The zero-order chi connectivity index (χ0) is 14.0. The Balaban J connectivity index is 2.22. The lowest BCUT2D eigenvalue weighted by Crippen LogP contribution is -2.11. The molecule has 2 aromatic carbocycles. The number of phenols is 2. The van der Waals surface area contributed by atoms with E-state index in [4.69, 9.17) is 0 Å². The van der Waals surface area contributed by atoms with Crippen LogP contribution in [-0.2, 0) is 0 Å². The van der Waals surface area contributed by atoms with Crippen molar-refractivity contribution in [1.29, 1.82) is 0 Å². The highest BCUT2D eigenvalue weighted by Gasteiger charge is 2.09. The topological polar surface area (TPSA) is 69.6 Å². The predicted octanol–water partition coefficient (Wildman–Crippen LogP) is 2.97. The number of nitrogens with one attached hydrogen (secondary N) is 1. The number of amides is 1. The molecule has 0 saturated carbocycles. The van der Waals surface area contributed by atoms with E-state index < -0.39 is 0 Å². The van der Waals surface area contributed by atoms with Gasteiger partial charge < -0.3 is 15.5 Å². The minimum absolute atomic E-state index is 0.148. The van der Waals surface area contributed by atoms with E-state index in [0.717, 1.165) is 11.1 Å². The summed E-state index contributed by atoms with van der Waals surface area (Å²) in [6, 6.07) is 9.38. The van der Waals surface area contributed by atoms with Crippen molar-refractivity contribution in [1.82, 2.24) is 0 Å². The molecule has 0 spiro atoms. The van der Waals surface area contributed by atoms with Crippen molar-refractivity contribution in [3.63, 3.8) is 0 Å². The molecule has 2 rings (SSSR count). The van der Waals surface area contributed by atoms with Crippen molar-refractivity contribution >= 4 is 11.6 Å². The molecule has 0 radical (unpaired) electrons. The molecule has 4 heteroatoms. The number of aromatic hydroxyl groups is 2. The van der Waals surface area contributed by atoms with Crippen LogP contribution in [0.1, 0.15) is 21.5 Å². The average Bonchev–Trinajstić information content (AvgIpc) is 2.32. The van der Waals surface area contributed by atoms with Crippen molar-refractivity contribution in [3.05, 3.63) is 53.1 Å². The molecular weight excluding hydrogens is 242 g/mol. The van der Waals surface area contributed by atoms with Gasteiger partial charge in [-0.1, -0.05) is 6.07 Å². The van der Waals surface area contributed by atoms with Crippen LogP contribution >= 0.6 is 0 Å². The van der Waals surface area contributed by atoms with E-state index in [0.29, 0.717) is 5.69 Å². The summed E-state index contributed by atoms with van der Waals surface area (Å²) >= 11 is 0. The first-order chi connectivity index (χ1) is 8.95. The number of hydrogen-bond donors (Lipinski definition) is 3. The molecule has 0 aliphatic heterocycles. The average molecular weight is 257 g/mol. The van der Waals surface area contributed by atoms with Gasteiger partial charge in [-0.15, -0.1) is 0 Å². The highest BCUT2D eigenvalue weighted by atomic mass is 16.3. The van der Waals surface area contributed by atoms with E-state index in [1.807, 2.05) is 32.0 Å². The van der Waals surface area contributed by atoms with Gasteiger partial charge in [0.15, 0.2) is 0 Å². The van der Waals surface area contributed by atoms with Crippen molar-refractivity contribution in [2.24, 2.45) is 0 Å². The smallest absolute Gasteiger partial charge is 0.255 e. The number of carbonyl (C=O) groups excluding carboxylic acids is 1. The van der Waals surface area contributed by atoms with Gasteiger partial charge in [0.2, 0.25) is 0 Å². The van der Waals surface area contributed by atoms with Gasteiger partial charge in [0, 0.05) is 17.3 Å². The Morgan fingerprint density at radius 3 is 2.16 bits per heavy atom. The first kappa shape index (κ1) is 13.0. The number of benzene rings is 2. The summed E-state index contributed by atoms with van der Waals surface area (Å²) in [5, 5.41) is 21.4. The van der Waals surface area contributed by atoms with Gasteiger partial charge >= 0.3 is 0 Å². The monoisotopic (exact) mass is 257 g/mol. The summed E-state index contributed by atoms with van der Waals surface area (Å²) < 4.78 is 0. The molecule has 4 nitrogen and oxygen atoms in total. The molecule has 0 aliphatic rings. The molecule has 0 atom stereocenters. The van der Waals surface area contributed by atoms with Crippen LogP contribution in [0, 0.1) is 13.8 Å². The molecule has 1 amide bonds. The molecular formula is C15H15NO3. The second kappa shape index (κ2) is 5.02. The minimum Gasteiger partial charge on any atom is -0.508 e. The van der Waals surface area contributed by atoms with Crippen LogP contribution in [0.15, 0.2) is 36.4 Å². The first-order valence-electron chi connectivity index (χ1n) is 5.87. The molecule has 2 aromatic rings. The number of carbonyl (C=O) groups is 1. The maximum atomic E-state index is 12.0. The lowest BCUT2D eigenvalue weighted by molar-refractivity contribution is 0.102. The predicted molar refractivity (Wildman–Crippen MR) is 73.6 cm³/mol. The van der Waals surface area contributed by atoms with Gasteiger partial charge in [-0.2, -0.15) is 0 Å². The SMILES string of the molecule is Cc1ccc(NC(=O)c2cc(O)cc(O)c2)cc1C. The maximum Gasteiger partial charge on any atom is 0.255 e. The third kappa shape index (κ3) is 3.04. The quantitative estimate of drug-likeness (QED) is 0.774. The zero-order valence-electron chi connectivity index (χ0n) is 10.8. The van der Waals surface area contributed by atoms with E-state index in [1.165, 1.54) is 18.2 Å². The number of anilines is 1. The largest absolute Gasteiger partial charge is 0.508 e. The van der Waals surface area contributed by atoms with Crippen LogP contribution in [0.2, 0.25) is 0 Å². The summed E-state index contributed by atoms with van der Waals surface area (Å²) in [6.07, 6.45) is 0. The van der Waals surface area contributed by atoms with Crippen molar-refractivity contribution in [2.75, 3.05) is 5.32 Å². The minimum atomic E-state index is -0.380. The molecule has 0 aromatic heterocycles. The van der Waals surface area contributed by atoms with Crippen LogP contribution in [0.4, 0.5) is 5.69 Å². The summed E-state index contributed by atoms with van der Waals surface area (Å²) in [5.74, 6) is -0.676. The molecule has 0 aliphatic carbocycles. The Bertz CT molecular complexity index is 615. The second-order valence-electron chi connectivity index (χ2n) is 4.49. The Hall–Kier alpha value is -2.49.